The lowest BCUT2D eigenvalue weighted by Gasteiger charge is -2.39. The van der Waals surface area contributed by atoms with Crippen LogP contribution in [0.1, 0.15) is 49.4 Å². The summed E-state index contributed by atoms with van der Waals surface area (Å²) >= 11 is 0. The standard InChI is InChI=1S/C17H25NO3/c1-7-8-18(14(5)19)17(6,16(20)21)15-12(3)9-11(2)10-13(15)4/h9-10H,7-8H2,1-6H3,(H,20,21). The number of carboxylic acid groups (broad SMARTS) is 1. The molecule has 1 rings (SSSR count). The maximum atomic E-state index is 12.0. The van der Waals surface area contributed by atoms with E-state index in [2.05, 4.69) is 0 Å². The molecule has 1 unspecified atom stereocenters. The van der Waals surface area contributed by atoms with Gasteiger partial charge in [-0.1, -0.05) is 24.6 Å². The molecule has 4 nitrogen and oxygen atoms in total. The third-order valence-electron chi connectivity index (χ3n) is 3.95. The maximum absolute atomic E-state index is 12.0. The molecular formula is C17H25NO3. The Morgan fingerprint density at radius 3 is 2.00 bits per heavy atom. The van der Waals surface area contributed by atoms with Crippen LogP contribution in [0.5, 0.6) is 0 Å². The molecule has 1 N–H and O–H groups in total. The second-order valence-corrected chi connectivity index (χ2v) is 5.82. The summed E-state index contributed by atoms with van der Waals surface area (Å²) in [6.45, 7) is 11.2. The Hall–Kier alpha value is -1.84. The molecule has 0 aliphatic heterocycles. The highest BCUT2D eigenvalue weighted by atomic mass is 16.4. The van der Waals surface area contributed by atoms with Gasteiger partial charge in [-0.3, -0.25) is 4.79 Å². The largest absolute Gasteiger partial charge is 0.479 e. The molecule has 0 radical (unpaired) electrons. The predicted octanol–water partition coefficient (Wildman–Crippen LogP) is 3.17. The fraction of sp³-hybridized carbons (Fsp3) is 0.529. The second kappa shape index (κ2) is 6.29. The molecular weight excluding hydrogens is 266 g/mol. The van der Waals surface area contributed by atoms with Crippen LogP contribution in [-0.4, -0.2) is 28.4 Å². The van der Waals surface area contributed by atoms with Crippen molar-refractivity contribution in [3.63, 3.8) is 0 Å². The minimum Gasteiger partial charge on any atom is -0.479 e. The van der Waals surface area contributed by atoms with Crippen LogP contribution in [0.4, 0.5) is 0 Å². The third kappa shape index (κ3) is 3.09. The number of carboxylic acids is 1. The number of carbonyl (C=O) groups excluding carboxylic acids is 1. The number of benzene rings is 1. The van der Waals surface area contributed by atoms with Gasteiger partial charge >= 0.3 is 5.97 Å². The molecule has 1 atom stereocenters. The lowest BCUT2D eigenvalue weighted by molar-refractivity contribution is -0.158. The number of rotatable bonds is 5. The molecule has 1 aromatic carbocycles. The zero-order valence-corrected chi connectivity index (χ0v) is 13.8. The Balaban J connectivity index is 3.62. The third-order valence-corrected chi connectivity index (χ3v) is 3.95. The average Bonchev–Trinajstić information content (AvgIpc) is 2.33. The first-order valence-electron chi connectivity index (χ1n) is 7.26. The number of aliphatic carboxylic acids is 1. The van der Waals surface area contributed by atoms with Crippen molar-refractivity contribution in [2.45, 2.75) is 53.5 Å². The van der Waals surface area contributed by atoms with Crippen LogP contribution in [0.3, 0.4) is 0 Å². The van der Waals surface area contributed by atoms with Gasteiger partial charge in [0.15, 0.2) is 5.54 Å². The monoisotopic (exact) mass is 291 g/mol. The molecule has 0 aromatic heterocycles. The van der Waals surface area contributed by atoms with Gasteiger partial charge in [0.05, 0.1) is 0 Å². The summed E-state index contributed by atoms with van der Waals surface area (Å²) in [4.78, 5) is 25.5. The van der Waals surface area contributed by atoms with Gasteiger partial charge in [-0.25, -0.2) is 4.79 Å². The van der Waals surface area contributed by atoms with Crippen molar-refractivity contribution in [3.05, 3.63) is 34.4 Å². The summed E-state index contributed by atoms with van der Waals surface area (Å²) in [7, 11) is 0. The van der Waals surface area contributed by atoms with Crippen molar-refractivity contribution in [1.29, 1.82) is 0 Å². The summed E-state index contributed by atoms with van der Waals surface area (Å²) in [5, 5.41) is 9.86. The summed E-state index contributed by atoms with van der Waals surface area (Å²) in [6.07, 6.45) is 0.715. The average molecular weight is 291 g/mol. The van der Waals surface area contributed by atoms with Gasteiger partial charge < -0.3 is 10.0 Å². The van der Waals surface area contributed by atoms with Crippen LogP contribution in [0.25, 0.3) is 0 Å². The molecule has 0 fully saturated rings. The van der Waals surface area contributed by atoms with E-state index >= 15 is 0 Å². The van der Waals surface area contributed by atoms with Crippen molar-refractivity contribution >= 4 is 11.9 Å². The van der Waals surface area contributed by atoms with E-state index in [0.29, 0.717) is 18.5 Å². The minimum absolute atomic E-state index is 0.221. The van der Waals surface area contributed by atoms with Crippen LogP contribution in [0, 0.1) is 20.8 Å². The fourth-order valence-electron chi connectivity index (χ4n) is 3.22. The lowest BCUT2D eigenvalue weighted by Crippen LogP contribution is -2.53. The SMILES string of the molecule is CCCN(C(C)=O)C(C)(C(=O)O)c1c(C)cc(C)cc1C. The Morgan fingerprint density at radius 1 is 1.19 bits per heavy atom. The highest BCUT2D eigenvalue weighted by molar-refractivity contribution is 5.87. The van der Waals surface area contributed by atoms with Gasteiger partial charge in [0, 0.05) is 13.5 Å². The van der Waals surface area contributed by atoms with E-state index in [9.17, 15) is 14.7 Å². The van der Waals surface area contributed by atoms with Gasteiger partial charge in [0.25, 0.3) is 0 Å². The van der Waals surface area contributed by atoms with Crippen molar-refractivity contribution < 1.29 is 14.7 Å². The molecule has 0 spiro atoms. The van der Waals surface area contributed by atoms with E-state index in [1.54, 1.807) is 6.92 Å². The van der Waals surface area contributed by atoms with Crippen LogP contribution in [0.2, 0.25) is 0 Å². The molecule has 0 bridgehead atoms. The second-order valence-electron chi connectivity index (χ2n) is 5.82. The van der Waals surface area contributed by atoms with Crippen molar-refractivity contribution in [2.24, 2.45) is 0 Å². The first kappa shape index (κ1) is 17.2. The van der Waals surface area contributed by atoms with Gasteiger partial charge in [-0.2, -0.15) is 0 Å². The summed E-state index contributed by atoms with van der Waals surface area (Å²) in [6, 6.07) is 3.93. The molecule has 1 amide bonds. The zero-order valence-electron chi connectivity index (χ0n) is 13.8. The van der Waals surface area contributed by atoms with Crippen LogP contribution < -0.4 is 0 Å². The quantitative estimate of drug-likeness (QED) is 0.906. The summed E-state index contributed by atoms with van der Waals surface area (Å²) < 4.78 is 0. The zero-order chi connectivity index (χ0) is 16.4. The van der Waals surface area contributed by atoms with Crippen LogP contribution >= 0.6 is 0 Å². The Morgan fingerprint density at radius 2 is 1.67 bits per heavy atom. The highest BCUT2D eigenvalue weighted by Gasteiger charge is 2.44. The normalized spacial score (nSPS) is 13.6. The molecule has 1 aromatic rings. The maximum Gasteiger partial charge on any atom is 0.334 e. The summed E-state index contributed by atoms with van der Waals surface area (Å²) in [5.74, 6) is -1.22. The van der Waals surface area contributed by atoms with E-state index in [1.807, 2.05) is 39.8 Å². The van der Waals surface area contributed by atoms with Crippen molar-refractivity contribution in [3.8, 4) is 0 Å². The van der Waals surface area contributed by atoms with Crippen molar-refractivity contribution in [2.75, 3.05) is 6.54 Å². The molecule has 21 heavy (non-hydrogen) atoms. The Bertz CT molecular complexity index is 542. The van der Waals surface area contributed by atoms with Gasteiger partial charge in [0.1, 0.15) is 0 Å². The number of nitrogens with zero attached hydrogens (tertiary/aromatic N) is 1. The summed E-state index contributed by atoms with van der Waals surface area (Å²) in [5.41, 5.74) is 2.26. The van der Waals surface area contributed by atoms with Crippen molar-refractivity contribution in [1.82, 2.24) is 4.90 Å². The molecule has 0 heterocycles. The molecule has 4 heteroatoms. The molecule has 116 valence electrons. The highest BCUT2D eigenvalue weighted by Crippen LogP contribution is 2.34. The van der Waals surface area contributed by atoms with Gasteiger partial charge in [-0.15, -0.1) is 0 Å². The first-order valence-corrected chi connectivity index (χ1v) is 7.26. The smallest absolute Gasteiger partial charge is 0.334 e. The Labute approximate surface area is 126 Å². The number of hydrogen-bond donors (Lipinski definition) is 1. The fourth-order valence-corrected chi connectivity index (χ4v) is 3.22. The number of carbonyl (C=O) groups is 2. The minimum atomic E-state index is -1.34. The van der Waals surface area contributed by atoms with Gasteiger partial charge in [0.2, 0.25) is 5.91 Å². The molecule has 0 saturated carbocycles. The van der Waals surface area contributed by atoms with E-state index in [1.165, 1.54) is 11.8 Å². The Kier molecular flexibility index (Phi) is 5.15. The van der Waals surface area contributed by atoms with Crippen LogP contribution in [0.15, 0.2) is 12.1 Å². The van der Waals surface area contributed by atoms with Crippen LogP contribution in [-0.2, 0) is 15.1 Å². The number of hydrogen-bond acceptors (Lipinski definition) is 2. The predicted molar refractivity (Wildman–Crippen MR) is 83.3 cm³/mol. The molecule has 0 aliphatic carbocycles. The van der Waals surface area contributed by atoms with E-state index in [-0.39, 0.29) is 5.91 Å². The topological polar surface area (TPSA) is 57.6 Å². The first-order chi connectivity index (χ1) is 9.66. The van der Waals surface area contributed by atoms with Gasteiger partial charge in [-0.05, 0) is 50.8 Å². The van der Waals surface area contributed by atoms with E-state index < -0.39 is 11.5 Å². The number of amides is 1. The molecule has 0 saturated heterocycles. The number of aryl methyl sites for hydroxylation is 3. The van der Waals surface area contributed by atoms with E-state index in [4.69, 9.17) is 0 Å². The lowest BCUT2D eigenvalue weighted by atomic mass is 9.82. The molecule has 0 aliphatic rings. The van der Waals surface area contributed by atoms with E-state index in [0.717, 1.165) is 16.7 Å².